The van der Waals surface area contributed by atoms with Gasteiger partial charge in [0.2, 0.25) is 11.8 Å². The van der Waals surface area contributed by atoms with Crippen molar-refractivity contribution >= 4 is 17.6 Å². The monoisotopic (exact) mass is 282 g/mol. The molecule has 7 nitrogen and oxygen atoms in total. The molecule has 0 aromatic carbocycles. The van der Waals surface area contributed by atoms with Crippen molar-refractivity contribution in [3.63, 3.8) is 0 Å². The van der Waals surface area contributed by atoms with Gasteiger partial charge in [0.25, 0.3) is 0 Å². The van der Waals surface area contributed by atoms with Gasteiger partial charge in [0.05, 0.1) is 18.5 Å². The zero-order chi connectivity index (χ0) is 14.8. The first-order valence-corrected chi connectivity index (χ1v) is 6.21. The average molecular weight is 282 g/mol. The zero-order valence-electron chi connectivity index (χ0n) is 11.3. The van der Waals surface area contributed by atoms with Gasteiger partial charge < -0.3 is 19.9 Å². The molecule has 0 atom stereocenters. The van der Waals surface area contributed by atoms with E-state index >= 15 is 0 Å². The van der Waals surface area contributed by atoms with Gasteiger partial charge in [0.15, 0.2) is 0 Å². The van der Waals surface area contributed by atoms with E-state index in [0.29, 0.717) is 31.2 Å². The number of pyridine rings is 1. The molecule has 0 fully saturated rings. The van der Waals surface area contributed by atoms with Crippen LogP contribution in [-0.2, 0) is 14.3 Å². The molecule has 0 radical (unpaired) electrons. The summed E-state index contributed by atoms with van der Waals surface area (Å²) in [6.07, 6.45) is 1.94. The Morgan fingerprint density at radius 2 is 2.10 bits per heavy atom. The maximum absolute atomic E-state index is 11.5. The summed E-state index contributed by atoms with van der Waals surface area (Å²) in [5.41, 5.74) is 0.546. The summed E-state index contributed by atoms with van der Waals surface area (Å²) in [5, 5.41) is 11.1. The SMILES string of the molecule is COCCOc1ccc(NC(=O)CCCC(=O)O)cn1. The molecule has 0 spiro atoms. The molecule has 2 N–H and O–H groups in total. The molecule has 20 heavy (non-hydrogen) atoms. The number of nitrogens with one attached hydrogen (secondary N) is 1. The molecule has 0 saturated heterocycles. The molecule has 1 rings (SSSR count). The van der Waals surface area contributed by atoms with E-state index in [0.717, 1.165) is 0 Å². The van der Waals surface area contributed by atoms with E-state index in [1.807, 2.05) is 0 Å². The number of carbonyl (C=O) groups is 2. The lowest BCUT2D eigenvalue weighted by Gasteiger charge is -2.07. The lowest BCUT2D eigenvalue weighted by atomic mass is 10.2. The maximum Gasteiger partial charge on any atom is 0.303 e. The highest BCUT2D eigenvalue weighted by atomic mass is 16.5. The molecule has 1 heterocycles. The van der Waals surface area contributed by atoms with Crippen molar-refractivity contribution < 1.29 is 24.2 Å². The highest BCUT2D eigenvalue weighted by Crippen LogP contribution is 2.12. The number of methoxy groups -OCH3 is 1. The predicted molar refractivity (Wildman–Crippen MR) is 71.7 cm³/mol. The van der Waals surface area contributed by atoms with Crippen LogP contribution in [0.3, 0.4) is 0 Å². The lowest BCUT2D eigenvalue weighted by Crippen LogP contribution is -2.12. The van der Waals surface area contributed by atoms with Gasteiger partial charge in [-0.1, -0.05) is 0 Å². The maximum atomic E-state index is 11.5. The van der Waals surface area contributed by atoms with E-state index in [9.17, 15) is 9.59 Å². The molecule has 0 aliphatic carbocycles. The molecule has 0 bridgehead atoms. The van der Waals surface area contributed by atoms with Gasteiger partial charge in [-0.05, 0) is 12.5 Å². The second-order valence-corrected chi connectivity index (χ2v) is 4.02. The predicted octanol–water partition coefficient (Wildman–Crippen LogP) is 1.30. The molecule has 1 amide bonds. The fourth-order valence-corrected chi connectivity index (χ4v) is 1.39. The van der Waals surface area contributed by atoms with Crippen LogP contribution in [0.5, 0.6) is 5.88 Å². The fourth-order valence-electron chi connectivity index (χ4n) is 1.39. The van der Waals surface area contributed by atoms with E-state index in [4.69, 9.17) is 14.6 Å². The van der Waals surface area contributed by atoms with Crippen LogP contribution >= 0.6 is 0 Å². The number of ether oxygens (including phenoxy) is 2. The summed E-state index contributed by atoms with van der Waals surface area (Å²) >= 11 is 0. The van der Waals surface area contributed by atoms with Crippen LogP contribution in [0.2, 0.25) is 0 Å². The van der Waals surface area contributed by atoms with Crippen LogP contribution in [0.4, 0.5) is 5.69 Å². The second kappa shape index (κ2) is 8.87. The number of nitrogens with zero attached hydrogens (tertiary/aromatic N) is 1. The van der Waals surface area contributed by atoms with Gasteiger partial charge in [0, 0.05) is 26.0 Å². The fraction of sp³-hybridized carbons (Fsp3) is 0.462. The van der Waals surface area contributed by atoms with Crippen LogP contribution in [-0.4, -0.2) is 42.3 Å². The van der Waals surface area contributed by atoms with Crippen LogP contribution in [0.25, 0.3) is 0 Å². The zero-order valence-corrected chi connectivity index (χ0v) is 11.3. The van der Waals surface area contributed by atoms with E-state index in [2.05, 4.69) is 10.3 Å². The van der Waals surface area contributed by atoms with Crippen molar-refractivity contribution in [2.45, 2.75) is 19.3 Å². The highest BCUT2D eigenvalue weighted by Gasteiger charge is 2.05. The number of aliphatic carboxylic acids is 1. The summed E-state index contributed by atoms with van der Waals surface area (Å²) in [5.74, 6) is -0.691. The minimum atomic E-state index is -0.906. The van der Waals surface area contributed by atoms with Gasteiger partial charge >= 0.3 is 5.97 Å². The van der Waals surface area contributed by atoms with E-state index < -0.39 is 5.97 Å². The van der Waals surface area contributed by atoms with Gasteiger partial charge in [-0.25, -0.2) is 4.98 Å². The number of amides is 1. The van der Waals surface area contributed by atoms with E-state index in [-0.39, 0.29) is 18.7 Å². The van der Waals surface area contributed by atoms with Crippen LogP contribution in [0, 0.1) is 0 Å². The standard InChI is InChI=1S/C13H18N2O5/c1-19-7-8-20-12-6-5-10(9-14-12)15-11(16)3-2-4-13(17)18/h5-6,9H,2-4,7-8H2,1H3,(H,15,16)(H,17,18). The van der Waals surface area contributed by atoms with E-state index in [1.54, 1.807) is 19.2 Å². The molecule has 7 heteroatoms. The molecule has 1 aromatic heterocycles. The number of hydrogen-bond donors (Lipinski definition) is 2. The van der Waals surface area contributed by atoms with Crippen molar-refractivity contribution in [2.24, 2.45) is 0 Å². The van der Waals surface area contributed by atoms with Crippen LogP contribution in [0.1, 0.15) is 19.3 Å². The minimum Gasteiger partial charge on any atom is -0.481 e. The third kappa shape index (κ3) is 6.69. The Morgan fingerprint density at radius 3 is 2.70 bits per heavy atom. The van der Waals surface area contributed by atoms with Gasteiger partial charge in [0.1, 0.15) is 6.61 Å². The number of rotatable bonds is 9. The number of carbonyl (C=O) groups excluding carboxylic acids is 1. The van der Waals surface area contributed by atoms with Crippen molar-refractivity contribution in [2.75, 3.05) is 25.6 Å². The molecular formula is C13H18N2O5. The molecule has 0 unspecified atom stereocenters. The molecule has 1 aromatic rings. The highest BCUT2D eigenvalue weighted by molar-refractivity contribution is 5.90. The number of carboxylic acid groups (broad SMARTS) is 1. The minimum absolute atomic E-state index is 0.0159. The van der Waals surface area contributed by atoms with Crippen LogP contribution < -0.4 is 10.1 Å². The number of hydrogen-bond acceptors (Lipinski definition) is 5. The van der Waals surface area contributed by atoms with Gasteiger partial charge in [-0.3, -0.25) is 9.59 Å². The quantitative estimate of drug-likeness (QED) is 0.662. The Hall–Kier alpha value is -2.15. The number of aromatic nitrogens is 1. The Balaban J connectivity index is 2.33. The normalized spacial score (nSPS) is 10.1. The number of carboxylic acids is 1. The third-order valence-electron chi connectivity index (χ3n) is 2.35. The summed E-state index contributed by atoms with van der Waals surface area (Å²) in [6.45, 7) is 0.883. The van der Waals surface area contributed by atoms with Crippen molar-refractivity contribution in [1.82, 2.24) is 4.98 Å². The van der Waals surface area contributed by atoms with Crippen molar-refractivity contribution in [3.8, 4) is 5.88 Å². The lowest BCUT2D eigenvalue weighted by molar-refractivity contribution is -0.137. The summed E-state index contributed by atoms with van der Waals surface area (Å²) in [6, 6.07) is 3.31. The van der Waals surface area contributed by atoms with E-state index in [1.165, 1.54) is 6.20 Å². The first kappa shape index (κ1) is 15.9. The van der Waals surface area contributed by atoms with Crippen LogP contribution in [0.15, 0.2) is 18.3 Å². The third-order valence-corrected chi connectivity index (χ3v) is 2.35. The summed E-state index contributed by atoms with van der Waals surface area (Å²) < 4.78 is 10.1. The average Bonchev–Trinajstić information content (AvgIpc) is 2.40. The Morgan fingerprint density at radius 1 is 1.30 bits per heavy atom. The molecule has 0 aliphatic heterocycles. The molecular weight excluding hydrogens is 264 g/mol. The summed E-state index contributed by atoms with van der Waals surface area (Å²) in [7, 11) is 1.58. The molecule has 0 aliphatic rings. The first-order valence-electron chi connectivity index (χ1n) is 6.21. The summed E-state index contributed by atoms with van der Waals surface area (Å²) in [4.78, 5) is 25.9. The van der Waals surface area contributed by atoms with Crippen molar-refractivity contribution in [1.29, 1.82) is 0 Å². The Bertz CT molecular complexity index is 433. The smallest absolute Gasteiger partial charge is 0.303 e. The van der Waals surface area contributed by atoms with Gasteiger partial charge in [-0.2, -0.15) is 0 Å². The second-order valence-electron chi connectivity index (χ2n) is 4.02. The topological polar surface area (TPSA) is 97.8 Å². The molecule has 110 valence electrons. The Labute approximate surface area is 116 Å². The largest absolute Gasteiger partial charge is 0.481 e. The first-order chi connectivity index (χ1) is 9.61. The van der Waals surface area contributed by atoms with Gasteiger partial charge in [-0.15, -0.1) is 0 Å². The molecule has 0 saturated carbocycles. The Kier molecular flexibility index (Phi) is 7.05. The number of anilines is 1. The van der Waals surface area contributed by atoms with Crippen molar-refractivity contribution in [3.05, 3.63) is 18.3 Å².